The van der Waals surface area contributed by atoms with Gasteiger partial charge in [0, 0.05) is 23.1 Å². The van der Waals surface area contributed by atoms with Gasteiger partial charge in [0.15, 0.2) is 0 Å². The molecule has 0 amide bonds. The minimum atomic E-state index is -3.38. The van der Waals surface area contributed by atoms with Gasteiger partial charge in [-0.05, 0) is 31.0 Å². The Kier molecular flexibility index (Phi) is 4.24. The van der Waals surface area contributed by atoms with Crippen molar-refractivity contribution in [3.8, 4) is 0 Å². The summed E-state index contributed by atoms with van der Waals surface area (Å²) in [6.07, 6.45) is 0. The Morgan fingerprint density at radius 1 is 1.04 bits per heavy atom. The van der Waals surface area contributed by atoms with Gasteiger partial charge in [-0.1, -0.05) is 48.0 Å². The number of benzene rings is 2. The Morgan fingerprint density at radius 2 is 1.83 bits per heavy atom. The van der Waals surface area contributed by atoms with Gasteiger partial charge >= 0.3 is 0 Å². The topological polar surface area (TPSA) is 62.0 Å². The van der Waals surface area contributed by atoms with E-state index in [1.807, 2.05) is 62.4 Å². The summed E-state index contributed by atoms with van der Waals surface area (Å²) in [6, 6.07) is 15.5. The number of aromatic amines is 1. The van der Waals surface area contributed by atoms with Crippen molar-refractivity contribution in [1.82, 2.24) is 9.71 Å². The molecule has 0 saturated heterocycles. The molecule has 1 aromatic heterocycles. The maximum atomic E-state index is 12.3. The Morgan fingerprint density at radius 3 is 2.61 bits per heavy atom. The molecule has 2 N–H and O–H groups in total. The fourth-order valence-electron chi connectivity index (χ4n) is 2.82. The maximum absolute atomic E-state index is 12.3. The molecular weight excluding hydrogens is 308 g/mol. The van der Waals surface area contributed by atoms with E-state index in [2.05, 4.69) is 9.71 Å². The molecule has 4 nitrogen and oxygen atoms in total. The summed E-state index contributed by atoms with van der Waals surface area (Å²) >= 11 is 0. The van der Waals surface area contributed by atoms with E-state index in [-0.39, 0.29) is 5.75 Å². The van der Waals surface area contributed by atoms with Gasteiger partial charge in [0.2, 0.25) is 10.0 Å². The van der Waals surface area contributed by atoms with Crippen LogP contribution in [0.3, 0.4) is 0 Å². The highest BCUT2D eigenvalue weighted by molar-refractivity contribution is 7.88. The number of hydrogen-bond acceptors (Lipinski definition) is 2. The Labute approximate surface area is 136 Å². The van der Waals surface area contributed by atoms with Crippen LogP contribution in [0.15, 0.2) is 48.5 Å². The molecule has 120 valence electrons. The fourth-order valence-corrected chi connectivity index (χ4v) is 3.90. The minimum absolute atomic E-state index is 0.00389. The van der Waals surface area contributed by atoms with Gasteiger partial charge in [0.05, 0.1) is 5.75 Å². The first kappa shape index (κ1) is 15.8. The zero-order valence-corrected chi connectivity index (χ0v) is 14.1. The van der Waals surface area contributed by atoms with Crippen LogP contribution in [-0.4, -0.2) is 13.4 Å². The number of rotatable bonds is 5. The summed E-state index contributed by atoms with van der Waals surface area (Å²) in [7, 11) is -3.38. The molecule has 3 rings (SSSR count). The van der Waals surface area contributed by atoms with E-state index in [1.165, 1.54) is 0 Å². The number of fused-ring (bicyclic) bond motifs is 1. The average Bonchev–Trinajstić information content (AvgIpc) is 2.80. The first-order chi connectivity index (χ1) is 10.9. The summed E-state index contributed by atoms with van der Waals surface area (Å²) in [5, 5.41) is 1.06. The predicted octanol–water partition coefficient (Wildman–Crippen LogP) is 3.40. The van der Waals surface area contributed by atoms with Crippen LogP contribution in [0, 0.1) is 13.8 Å². The zero-order chi connectivity index (χ0) is 16.4. The number of sulfonamides is 1. The second-order valence-corrected chi connectivity index (χ2v) is 7.65. The van der Waals surface area contributed by atoms with Gasteiger partial charge < -0.3 is 4.98 Å². The van der Waals surface area contributed by atoms with Crippen LogP contribution < -0.4 is 4.72 Å². The molecule has 0 fully saturated rings. The third-order valence-corrected chi connectivity index (χ3v) is 5.23. The van der Waals surface area contributed by atoms with Gasteiger partial charge in [-0.3, -0.25) is 0 Å². The van der Waals surface area contributed by atoms with Crippen LogP contribution >= 0.6 is 0 Å². The summed E-state index contributed by atoms with van der Waals surface area (Å²) in [4.78, 5) is 3.29. The average molecular weight is 328 g/mol. The van der Waals surface area contributed by atoms with E-state index in [0.29, 0.717) is 6.54 Å². The Hall–Kier alpha value is -2.11. The quantitative estimate of drug-likeness (QED) is 0.754. The molecule has 0 aliphatic carbocycles. The summed E-state index contributed by atoms with van der Waals surface area (Å²) in [6.45, 7) is 4.22. The Bertz CT molecular complexity index is 943. The van der Waals surface area contributed by atoms with Gasteiger partial charge in [-0.2, -0.15) is 0 Å². The number of aromatic nitrogens is 1. The second-order valence-electron chi connectivity index (χ2n) is 5.84. The molecule has 23 heavy (non-hydrogen) atoms. The van der Waals surface area contributed by atoms with Crippen molar-refractivity contribution >= 4 is 20.9 Å². The van der Waals surface area contributed by atoms with Crippen molar-refractivity contribution in [3.05, 3.63) is 70.9 Å². The van der Waals surface area contributed by atoms with Gasteiger partial charge in [-0.25, -0.2) is 13.1 Å². The molecule has 0 saturated carbocycles. The van der Waals surface area contributed by atoms with Gasteiger partial charge in [0.1, 0.15) is 0 Å². The number of hydrogen-bond donors (Lipinski definition) is 2. The van der Waals surface area contributed by atoms with Crippen molar-refractivity contribution < 1.29 is 8.42 Å². The second kappa shape index (κ2) is 6.18. The molecule has 0 atom stereocenters. The van der Waals surface area contributed by atoms with Crippen molar-refractivity contribution in [1.29, 1.82) is 0 Å². The Balaban J connectivity index is 1.77. The van der Waals surface area contributed by atoms with E-state index in [4.69, 9.17) is 0 Å². The first-order valence-corrected chi connectivity index (χ1v) is 9.19. The third-order valence-electron chi connectivity index (χ3n) is 3.94. The third kappa shape index (κ3) is 3.63. The van der Waals surface area contributed by atoms with Crippen LogP contribution in [0.1, 0.15) is 22.4 Å². The van der Waals surface area contributed by atoms with E-state index in [1.54, 1.807) is 0 Å². The van der Waals surface area contributed by atoms with Crippen LogP contribution in [0.4, 0.5) is 0 Å². The normalized spacial score (nSPS) is 11.9. The lowest BCUT2D eigenvalue weighted by molar-refractivity contribution is 0.580. The number of para-hydroxylation sites is 1. The SMILES string of the molecule is Cc1cccc(CS(=O)(=O)NCc2c(C)[nH]c3ccccc23)c1. The molecule has 1 heterocycles. The lowest BCUT2D eigenvalue weighted by atomic mass is 10.1. The van der Waals surface area contributed by atoms with Crippen LogP contribution in [-0.2, 0) is 22.3 Å². The zero-order valence-electron chi connectivity index (χ0n) is 13.3. The summed E-state index contributed by atoms with van der Waals surface area (Å²) < 4.78 is 27.4. The predicted molar refractivity (Wildman–Crippen MR) is 93.7 cm³/mol. The highest BCUT2D eigenvalue weighted by Gasteiger charge is 2.14. The summed E-state index contributed by atoms with van der Waals surface area (Å²) in [5.74, 6) is -0.00389. The highest BCUT2D eigenvalue weighted by Crippen LogP contribution is 2.22. The van der Waals surface area contributed by atoms with Crippen molar-refractivity contribution in [3.63, 3.8) is 0 Å². The van der Waals surface area contributed by atoms with E-state index in [0.717, 1.165) is 33.3 Å². The maximum Gasteiger partial charge on any atom is 0.216 e. The molecular formula is C18H20N2O2S. The molecule has 2 aromatic carbocycles. The molecule has 0 spiro atoms. The molecule has 0 bridgehead atoms. The van der Waals surface area contributed by atoms with Crippen LogP contribution in [0.2, 0.25) is 0 Å². The molecule has 0 aliphatic heterocycles. The fraction of sp³-hybridized carbons (Fsp3) is 0.222. The van der Waals surface area contributed by atoms with E-state index >= 15 is 0 Å². The van der Waals surface area contributed by atoms with Gasteiger partial charge in [-0.15, -0.1) is 0 Å². The van der Waals surface area contributed by atoms with E-state index in [9.17, 15) is 8.42 Å². The van der Waals surface area contributed by atoms with Crippen molar-refractivity contribution in [2.45, 2.75) is 26.1 Å². The molecule has 3 aromatic rings. The first-order valence-electron chi connectivity index (χ1n) is 7.54. The number of H-pyrrole nitrogens is 1. The molecule has 0 aliphatic rings. The van der Waals surface area contributed by atoms with Crippen LogP contribution in [0.25, 0.3) is 10.9 Å². The number of nitrogens with one attached hydrogen (secondary N) is 2. The monoisotopic (exact) mass is 328 g/mol. The lowest BCUT2D eigenvalue weighted by Crippen LogP contribution is -2.25. The minimum Gasteiger partial charge on any atom is -0.358 e. The summed E-state index contributed by atoms with van der Waals surface area (Å²) in [5.41, 5.74) is 4.87. The standard InChI is InChI=1S/C18H20N2O2S/c1-13-6-5-7-15(10-13)12-23(21,22)19-11-17-14(2)20-18-9-4-3-8-16(17)18/h3-10,19-20H,11-12H2,1-2H3. The van der Waals surface area contributed by atoms with Crippen molar-refractivity contribution in [2.24, 2.45) is 0 Å². The molecule has 0 radical (unpaired) electrons. The number of aryl methyl sites for hydroxylation is 2. The lowest BCUT2D eigenvalue weighted by Gasteiger charge is -2.08. The van der Waals surface area contributed by atoms with Gasteiger partial charge in [0.25, 0.3) is 0 Å². The van der Waals surface area contributed by atoms with Crippen LogP contribution in [0.5, 0.6) is 0 Å². The largest absolute Gasteiger partial charge is 0.358 e. The molecule has 5 heteroatoms. The molecule has 0 unspecified atom stereocenters. The van der Waals surface area contributed by atoms with E-state index < -0.39 is 10.0 Å². The smallest absolute Gasteiger partial charge is 0.216 e. The highest BCUT2D eigenvalue weighted by atomic mass is 32.2. The van der Waals surface area contributed by atoms with Crippen molar-refractivity contribution in [2.75, 3.05) is 0 Å².